The molecule has 1 aliphatic rings. The lowest BCUT2D eigenvalue weighted by molar-refractivity contribution is -0.00374. The Bertz CT molecular complexity index is 1070. The molecule has 152 valence electrons. The lowest BCUT2D eigenvalue weighted by Crippen LogP contribution is -2.36. The summed E-state index contributed by atoms with van der Waals surface area (Å²) < 4.78 is 13.5. The Kier molecular flexibility index (Phi) is 5.69. The Morgan fingerprint density at radius 1 is 1.14 bits per heavy atom. The largest absolute Gasteiger partial charge is 0.495 e. The van der Waals surface area contributed by atoms with Crippen LogP contribution in [0.3, 0.4) is 0 Å². The molecule has 0 bridgehead atoms. The summed E-state index contributed by atoms with van der Waals surface area (Å²) in [6.45, 7) is 4.66. The first kappa shape index (κ1) is 19.7. The van der Waals surface area contributed by atoms with E-state index in [2.05, 4.69) is 11.9 Å². The van der Waals surface area contributed by atoms with E-state index in [1.165, 1.54) is 6.42 Å². The molecule has 0 saturated carbocycles. The number of hydrogen-bond donors (Lipinski definition) is 0. The van der Waals surface area contributed by atoms with Crippen molar-refractivity contribution in [1.29, 1.82) is 0 Å². The molecule has 5 heteroatoms. The van der Waals surface area contributed by atoms with Crippen LogP contribution in [0.5, 0.6) is 5.75 Å². The molecule has 1 atom stereocenters. The van der Waals surface area contributed by atoms with Crippen LogP contribution in [-0.4, -0.2) is 42.8 Å². The third-order valence-corrected chi connectivity index (χ3v) is 5.84. The van der Waals surface area contributed by atoms with Crippen molar-refractivity contribution in [2.75, 3.05) is 27.2 Å². The number of methoxy groups -OCH3 is 1. The van der Waals surface area contributed by atoms with Crippen molar-refractivity contribution in [3.8, 4) is 11.4 Å². The second kappa shape index (κ2) is 8.39. The molecule has 5 nitrogen and oxygen atoms in total. The van der Waals surface area contributed by atoms with E-state index in [-0.39, 0.29) is 11.7 Å². The predicted molar refractivity (Wildman–Crippen MR) is 116 cm³/mol. The molecule has 3 aromatic rings. The fourth-order valence-corrected chi connectivity index (χ4v) is 4.17. The van der Waals surface area contributed by atoms with Crippen LogP contribution in [0.4, 0.5) is 0 Å². The van der Waals surface area contributed by atoms with E-state index in [1.807, 2.05) is 55.6 Å². The van der Waals surface area contributed by atoms with Crippen LogP contribution < -0.4 is 10.3 Å². The van der Waals surface area contributed by atoms with Crippen LogP contribution in [0.2, 0.25) is 0 Å². The molecule has 1 unspecified atom stereocenters. The van der Waals surface area contributed by atoms with Crippen molar-refractivity contribution in [1.82, 2.24) is 9.47 Å². The van der Waals surface area contributed by atoms with E-state index in [0.717, 1.165) is 41.7 Å². The molecule has 0 spiro atoms. The van der Waals surface area contributed by atoms with Crippen molar-refractivity contribution in [3.05, 3.63) is 70.1 Å². The molecule has 29 heavy (non-hydrogen) atoms. The topological polar surface area (TPSA) is 43.7 Å². The Morgan fingerprint density at radius 2 is 1.97 bits per heavy atom. The lowest BCUT2D eigenvalue weighted by Gasteiger charge is -2.30. The number of rotatable bonds is 5. The number of fused-ring (bicyclic) bond motifs is 1. The first-order chi connectivity index (χ1) is 14.1. The summed E-state index contributed by atoms with van der Waals surface area (Å²) in [5.41, 5.74) is 2.82. The molecule has 1 aromatic heterocycles. The van der Waals surface area contributed by atoms with Crippen molar-refractivity contribution >= 4 is 10.8 Å². The highest BCUT2D eigenvalue weighted by Crippen LogP contribution is 2.29. The maximum atomic E-state index is 13.2. The van der Waals surface area contributed by atoms with Crippen molar-refractivity contribution in [2.24, 2.45) is 0 Å². The van der Waals surface area contributed by atoms with Crippen LogP contribution in [0, 0.1) is 6.92 Å². The molecule has 1 saturated heterocycles. The van der Waals surface area contributed by atoms with Gasteiger partial charge in [-0.05, 0) is 68.1 Å². The number of aromatic nitrogens is 1. The highest BCUT2D eigenvalue weighted by Gasteiger charge is 2.19. The Balaban J connectivity index is 1.71. The van der Waals surface area contributed by atoms with Crippen LogP contribution in [0.15, 0.2) is 53.5 Å². The van der Waals surface area contributed by atoms with Crippen molar-refractivity contribution in [3.63, 3.8) is 0 Å². The van der Waals surface area contributed by atoms with Gasteiger partial charge in [-0.15, -0.1) is 0 Å². The van der Waals surface area contributed by atoms with Gasteiger partial charge in [-0.3, -0.25) is 9.36 Å². The van der Waals surface area contributed by atoms with Gasteiger partial charge < -0.3 is 14.4 Å². The van der Waals surface area contributed by atoms with Gasteiger partial charge >= 0.3 is 0 Å². The monoisotopic (exact) mass is 392 g/mol. The third-order valence-electron chi connectivity index (χ3n) is 5.84. The molecule has 4 rings (SSSR count). The second-order valence-electron chi connectivity index (χ2n) is 7.82. The molecule has 2 aromatic carbocycles. The Morgan fingerprint density at radius 3 is 2.76 bits per heavy atom. The summed E-state index contributed by atoms with van der Waals surface area (Å²) in [4.78, 5) is 15.5. The lowest BCUT2D eigenvalue weighted by atomic mass is 10.0. The number of hydrogen-bond acceptors (Lipinski definition) is 4. The SMILES string of the molecule is COc1ccc(COC2CCCN(C)C2)c(C)c1-n1ccc2ccccc2c1=O. The van der Waals surface area contributed by atoms with E-state index in [0.29, 0.717) is 17.7 Å². The number of likely N-dealkylation sites (N-methyl/N-ethyl adjacent to an activating group) is 1. The first-order valence-corrected chi connectivity index (χ1v) is 10.2. The minimum Gasteiger partial charge on any atom is -0.495 e. The summed E-state index contributed by atoms with van der Waals surface area (Å²) in [5.74, 6) is 0.682. The zero-order valence-corrected chi connectivity index (χ0v) is 17.4. The Labute approximate surface area is 171 Å². The van der Waals surface area contributed by atoms with Gasteiger partial charge in [0.25, 0.3) is 5.56 Å². The van der Waals surface area contributed by atoms with Gasteiger partial charge in [-0.2, -0.15) is 0 Å². The van der Waals surface area contributed by atoms with E-state index in [4.69, 9.17) is 9.47 Å². The summed E-state index contributed by atoms with van der Waals surface area (Å²) in [6.07, 6.45) is 4.34. The van der Waals surface area contributed by atoms with E-state index < -0.39 is 0 Å². The van der Waals surface area contributed by atoms with Gasteiger partial charge in [0.1, 0.15) is 5.75 Å². The Hall–Kier alpha value is -2.63. The molecule has 2 heterocycles. The van der Waals surface area contributed by atoms with Crippen LogP contribution in [0.25, 0.3) is 16.5 Å². The summed E-state index contributed by atoms with van der Waals surface area (Å²) in [7, 11) is 3.77. The van der Waals surface area contributed by atoms with E-state index >= 15 is 0 Å². The highest BCUT2D eigenvalue weighted by atomic mass is 16.5. The minimum atomic E-state index is -0.0449. The van der Waals surface area contributed by atoms with E-state index in [9.17, 15) is 4.79 Å². The average molecular weight is 392 g/mol. The summed E-state index contributed by atoms with van der Waals surface area (Å²) in [5, 5.41) is 1.63. The number of nitrogens with zero attached hydrogens (tertiary/aromatic N) is 2. The number of piperidine rings is 1. The minimum absolute atomic E-state index is 0.0449. The fourth-order valence-electron chi connectivity index (χ4n) is 4.17. The molecule has 0 amide bonds. The van der Waals surface area contributed by atoms with Crippen molar-refractivity contribution < 1.29 is 9.47 Å². The number of likely N-dealkylation sites (tertiary alicyclic amines) is 1. The third kappa shape index (κ3) is 3.93. The van der Waals surface area contributed by atoms with Gasteiger partial charge in [0.05, 0.1) is 25.5 Å². The number of pyridine rings is 1. The van der Waals surface area contributed by atoms with E-state index in [1.54, 1.807) is 11.7 Å². The standard InChI is InChI=1S/C24H28N2O3/c1-17-19(16-29-20-8-6-13-25(2)15-20)10-11-22(28-3)23(17)26-14-12-18-7-4-5-9-21(18)24(26)27/h4-5,7,9-12,14,20H,6,8,13,15-16H2,1-3H3. The smallest absolute Gasteiger partial charge is 0.263 e. The zero-order chi connectivity index (χ0) is 20.4. The molecule has 0 N–H and O–H groups in total. The maximum absolute atomic E-state index is 13.2. The molecule has 1 fully saturated rings. The fraction of sp³-hybridized carbons (Fsp3) is 0.375. The quantitative estimate of drug-likeness (QED) is 0.660. The summed E-state index contributed by atoms with van der Waals surface area (Å²) >= 11 is 0. The van der Waals surface area contributed by atoms with Crippen molar-refractivity contribution in [2.45, 2.75) is 32.5 Å². The van der Waals surface area contributed by atoms with Gasteiger partial charge in [-0.25, -0.2) is 0 Å². The molecule has 0 aliphatic carbocycles. The molecule has 0 radical (unpaired) electrons. The van der Waals surface area contributed by atoms with Crippen LogP contribution in [0.1, 0.15) is 24.0 Å². The summed E-state index contributed by atoms with van der Waals surface area (Å²) in [6, 6.07) is 13.6. The van der Waals surface area contributed by atoms with Gasteiger partial charge in [0.2, 0.25) is 0 Å². The first-order valence-electron chi connectivity index (χ1n) is 10.2. The average Bonchev–Trinajstić information content (AvgIpc) is 2.74. The van der Waals surface area contributed by atoms with Crippen LogP contribution >= 0.6 is 0 Å². The van der Waals surface area contributed by atoms with Gasteiger partial charge in [0.15, 0.2) is 0 Å². The number of ether oxygens (including phenoxy) is 2. The predicted octanol–water partition coefficient (Wildman–Crippen LogP) is 3.92. The zero-order valence-electron chi connectivity index (χ0n) is 17.4. The molecular weight excluding hydrogens is 364 g/mol. The maximum Gasteiger partial charge on any atom is 0.263 e. The number of benzene rings is 2. The molecular formula is C24H28N2O3. The highest BCUT2D eigenvalue weighted by molar-refractivity contribution is 5.81. The van der Waals surface area contributed by atoms with Crippen LogP contribution in [-0.2, 0) is 11.3 Å². The normalized spacial score (nSPS) is 17.6. The van der Waals surface area contributed by atoms with Gasteiger partial charge in [0, 0.05) is 18.1 Å². The molecule has 1 aliphatic heterocycles. The van der Waals surface area contributed by atoms with Gasteiger partial charge in [-0.1, -0.05) is 24.3 Å². The second-order valence-corrected chi connectivity index (χ2v) is 7.82.